The molecule has 1 saturated carbocycles. The average molecular weight is 515 g/mol. The second kappa shape index (κ2) is 10.4. The molecule has 2 aromatic rings. The first-order chi connectivity index (χ1) is 17.0. The van der Waals surface area contributed by atoms with E-state index in [9.17, 15) is 10.1 Å². The van der Waals surface area contributed by atoms with Gasteiger partial charge in [-0.3, -0.25) is 9.69 Å². The summed E-state index contributed by atoms with van der Waals surface area (Å²) in [5.41, 5.74) is 0.238. The van der Waals surface area contributed by atoms with Crippen LogP contribution in [0.1, 0.15) is 25.0 Å². The van der Waals surface area contributed by atoms with Crippen molar-refractivity contribution in [1.29, 1.82) is 5.26 Å². The van der Waals surface area contributed by atoms with Gasteiger partial charge in [-0.05, 0) is 38.3 Å². The van der Waals surface area contributed by atoms with Gasteiger partial charge < -0.3 is 15.0 Å². The zero-order valence-electron chi connectivity index (χ0n) is 20.0. The minimum Gasteiger partial charge on any atom is -0.379 e. The maximum Gasteiger partial charge on any atom is 0.244 e. The van der Waals surface area contributed by atoms with Gasteiger partial charge in [-0.1, -0.05) is 23.7 Å². The number of nitrogens with zero attached hydrogens (tertiary/aromatic N) is 5. The third-order valence-corrected chi connectivity index (χ3v) is 8.66. The molecule has 2 saturated heterocycles. The highest BCUT2D eigenvalue weighted by molar-refractivity contribution is 8.00. The topological polar surface area (TPSA) is 86.4 Å². The summed E-state index contributed by atoms with van der Waals surface area (Å²) >= 11 is 8.15. The lowest BCUT2D eigenvalue weighted by atomic mass is 10.1. The van der Waals surface area contributed by atoms with E-state index in [0.29, 0.717) is 13.0 Å². The number of ether oxygens (including phenoxy) is 1. The summed E-state index contributed by atoms with van der Waals surface area (Å²) in [4.78, 5) is 19.0. The Morgan fingerprint density at radius 1 is 1.31 bits per heavy atom. The van der Waals surface area contributed by atoms with Gasteiger partial charge in [0.1, 0.15) is 17.4 Å². The highest BCUT2D eigenvalue weighted by Crippen LogP contribution is 2.40. The van der Waals surface area contributed by atoms with Crippen molar-refractivity contribution in [3.05, 3.63) is 41.0 Å². The number of thioether (sulfide) groups is 1. The van der Waals surface area contributed by atoms with E-state index in [4.69, 9.17) is 21.4 Å². The standard InChI is InChI=1S/C25H31ClN6O2S/c1-18-14-23(32(29-18)9-8-30-10-12-34-13-11-30)31-16-19(35-22-5-3-2-4-20(22)26)15-21(31)24(33)28-25(17-27)6-7-25/h2-5,14,19,21H,6-13,15-16H2,1H3,(H,28,33). The molecular weight excluding hydrogens is 484 g/mol. The lowest BCUT2D eigenvalue weighted by Gasteiger charge is -2.29. The largest absolute Gasteiger partial charge is 0.379 e. The summed E-state index contributed by atoms with van der Waals surface area (Å²) in [6.07, 6.45) is 2.11. The van der Waals surface area contributed by atoms with Gasteiger partial charge in [-0.25, -0.2) is 4.68 Å². The van der Waals surface area contributed by atoms with Crippen LogP contribution in [0.3, 0.4) is 0 Å². The Labute approximate surface area is 215 Å². The molecule has 1 aliphatic carbocycles. The van der Waals surface area contributed by atoms with Crippen molar-refractivity contribution in [2.75, 3.05) is 44.3 Å². The maximum atomic E-state index is 13.4. The molecule has 1 N–H and O–H groups in total. The van der Waals surface area contributed by atoms with Gasteiger partial charge in [0.15, 0.2) is 0 Å². The van der Waals surface area contributed by atoms with Gasteiger partial charge in [0.25, 0.3) is 0 Å². The zero-order chi connectivity index (χ0) is 24.4. The Kier molecular flexibility index (Phi) is 7.26. The van der Waals surface area contributed by atoms with E-state index in [-0.39, 0.29) is 17.2 Å². The Hall–Kier alpha value is -2.25. The third-order valence-electron chi connectivity index (χ3n) is 6.93. The lowest BCUT2D eigenvalue weighted by Crippen LogP contribution is -2.48. The molecule has 0 bridgehead atoms. The molecule has 1 aromatic carbocycles. The van der Waals surface area contributed by atoms with Crippen LogP contribution in [0.5, 0.6) is 0 Å². The first-order valence-corrected chi connectivity index (χ1v) is 13.5. The van der Waals surface area contributed by atoms with Gasteiger partial charge in [0.2, 0.25) is 5.91 Å². The number of carbonyl (C=O) groups is 1. The van der Waals surface area contributed by atoms with E-state index in [1.165, 1.54) is 0 Å². The van der Waals surface area contributed by atoms with Crippen LogP contribution in [0.25, 0.3) is 0 Å². The predicted molar refractivity (Wildman–Crippen MR) is 137 cm³/mol. The van der Waals surface area contributed by atoms with E-state index in [2.05, 4.69) is 27.3 Å². The van der Waals surface area contributed by atoms with Crippen molar-refractivity contribution in [3.63, 3.8) is 0 Å². The van der Waals surface area contributed by atoms with Crippen molar-refractivity contribution in [3.8, 4) is 6.07 Å². The molecule has 3 heterocycles. The van der Waals surface area contributed by atoms with Crippen molar-refractivity contribution >= 4 is 35.1 Å². The second-order valence-electron chi connectivity index (χ2n) is 9.58. The van der Waals surface area contributed by atoms with Crippen LogP contribution in [-0.4, -0.2) is 76.8 Å². The van der Waals surface area contributed by atoms with E-state index >= 15 is 0 Å². The molecule has 0 radical (unpaired) electrons. The predicted octanol–water partition coefficient (Wildman–Crippen LogP) is 3.09. The number of hydrogen-bond donors (Lipinski definition) is 1. The van der Waals surface area contributed by atoms with E-state index < -0.39 is 5.54 Å². The fourth-order valence-corrected chi connectivity index (χ4v) is 6.28. The molecule has 2 atom stereocenters. The molecule has 8 nitrogen and oxygen atoms in total. The van der Waals surface area contributed by atoms with Crippen LogP contribution in [0, 0.1) is 18.3 Å². The number of hydrogen-bond acceptors (Lipinski definition) is 7. The number of aryl methyl sites for hydroxylation is 1. The van der Waals surface area contributed by atoms with Crippen LogP contribution < -0.4 is 10.2 Å². The van der Waals surface area contributed by atoms with Crippen LogP contribution in [0.4, 0.5) is 5.82 Å². The van der Waals surface area contributed by atoms with Gasteiger partial charge >= 0.3 is 0 Å². The van der Waals surface area contributed by atoms with Gasteiger partial charge in [-0.2, -0.15) is 10.4 Å². The van der Waals surface area contributed by atoms with Crippen molar-refractivity contribution in [1.82, 2.24) is 20.0 Å². The number of nitrogens with one attached hydrogen (secondary N) is 1. The Morgan fingerprint density at radius 3 is 2.80 bits per heavy atom. The smallest absolute Gasteiger partial charge is 0.244 e. The highest BCUT2D eigenvalue weighted by Gasteiger charge is 2.48. The van der Waals surface area contributed by atoms with E-state index in [0.717, 1.165) is 73.7 Å². The maximum absolute atomic E-state index is 13.4. The summed E-state index contributed by atoms with van der Waals surface area (Å²) in [7, 11) is 0. The number of rotatable bonds is 8. The summed E-state index contributed by atoms with van der Waals surface area (Å²) in [6.45, 7) is 7.72. The normalized spacial score (nSPS) is 23.7. The minimum absolute atomic E-state index is 0.0788. The zero-order valence-corrected chi connectivity index (χ0v) is 21.5. The van der Waals surface area contributed by atoms with Crippen molar-refractivity contribution in [2.45, 2.75) is 54.5 Å². The third kappa shape index (κ3) is 5.61. The first kappa shape index (κ1) is 24.4. The van der Waals surface area contributed by atoms with Gasteiger partial charge in [0, 0.05) is 42.4 Å². The summed E-state index contributed by atoms with van der Waals surface area (Å²) in [5.74, 6) is 0.880. The highest BCUT2D eigenvalue weighted by atomic mass is 35.5. The van der Waals surface area contributed by atoms with Crippen molar-refractivity contribution < 1.29 is 9.53 Å². The number of carbonyl (C=O) groups excluding carboxylic acids is 1. The molecule has 3 fully saturated rings. The molecule has 10 heteroatoms. The Balaban J connectivity index is 1.36. The number of nitriles is 1. The van der Waals surface area contributed by atoms with Gasteiger partial charge in [0.05, 0.1) is 36.5 Å². The second-order valence-corrected chi connectivity index (χ2v) is 11.3. The number of benzene rings is 1. The molecule has 186 valence electrons. The Morgan fingerprint density at radius 2 is 2.09 bits per heavy atom. The lowest BCUT2D eigenvalue weighted by molar-refractivity contribution is -0.122. The van der Waals surface area contributed by atoms with Crippen LogP contribution in [0.2, 0.25) is 5.02 Å². The molecule has 0 spiro atoms. The van der Waals surface area contributed by atoms with Crippen LogP contribution in [-0.2, 0) is 16.1 Å². The summed E-state index contributed by atoms with van der Waals surface area (Å²) in [6, 6.07) is 11.8. The number of halogens is 1. The fourth-order valence-electron chi connectivity index (χ4n) is 4.80. The number of morpholine rings is 1. The Bertz CT molecular complexity index is 1110. The van der Waals surface area contributed by atoms with Crippen LogP contribution >= 0.6 is 23.4 Å². The summed E-state index contributed by atoms with van der Waals surface area (Å²) in [5, 5.41) is 18.2. The fraction of sp³-hybridized carbons (Fsp3) is 0.560. The average Bonchev–Trinajstić information content (AvgIpc) is 3.34. The molecule has 2 unspecified atom stereocenters. The molecular formula is C25H31ClN6O2S. The molecule has 2 aliphatic heterocycles. The number of aromatic nitrogens is 2. The monoisotopic (exact) mass is 514 g/mol. The minimum atomic E-state index is -0.691. The first-order valence-electron chi connectivity index (χ1n) is 12.2. The van der Waals surface area contributed by atoms with Crippen molar-refractivity contribution in [2.24, 2.45) is 0 Å². The molecule has 1 aromatic heterocycles. The molecule has 5 rings (SSSR count). The van der Waals surface area contributed by atoms with E-state index in [1.54, 1.807) is 11.8 Å². The summed E-state index contributed by atoms with van der Waals surface area (Å²) < 4.78 is 7.51. The number of amides is 1. The van der Waals surface area contributed by atoms with Crippen LogP contribution in [0.15, 0.2) is 35.2 Å². The molecule has 1 amide bonds. The van der Waals surface area contributed by atoms with E-state index in [1.807, 2.05) is 35.9 Å². The number of anilines is 1. The quantitative estimate of drug-likeness (QED) is 0.579. The molecule has 35 heavy (non-hydrogen) atoms. The van der Waals surface area contributed by atoms with Gasteiger partial charge in [-0.15, -0.1) is 11.8 Å². The SMILES string of the molecule is Cc1cc(N2CC(Sc3ccccc3Cl)CC2C(=O)NC2(C#N)CC2)n(CCN2CCOCC2)n1. The molecule has 3 aliphatic rings.